The van der Waals surface area contributed by atoms with Gasteiger partial charge in [-0.2, -0.15) is 4.98 Å². The molecule has 10 nitrogen and oxygen atoms in total. The number of phosphoric acid groups is 1. The monoisotopic (exact) mass is 327 g/mol. The summed E-state index contributed by atoms with van der Waals surface area (Å²) >= 11 is 0. The van der Waals surface area contributed by atoms with Crippen LogP contribution in [0.1, 0.15) is 6.23 Å². The Morgan fingerprint density at radius 2 is 2.29 bits per heavy atom. The number of rotatable bonds is 1. The van der Waals surface area contributed by atoms with Crippen molar-refractivity contribution in [1.82, 2.24) is 9.55 Å². The minimum absolute atomic E-state index is 0. The molecule has 0 radical (unpaired) electrons. The molecule has 0 bridgehead atoms. The normalized spacial score (nSPS) is 38.6. The number of aliphatic hydroxyl groups is 1. The summed E-state index contributed by atoms with van der Waals surface area (Å²) in [7, 11) is -4.44. The molecule has 2 aliphatic rings. The number of phosphoric ester groups is 1. The molecule has 0 saturated carbocycles. The molecule has 3 heterocycles. The van der Waals surface area contributed by atoms with E-state index in [0.717, 1.165) is 4.57 Å². The van der Waals surface area contributed by atoms with Crippen molar-refractivity contribution >= 4 is 13.6 Å². The van der Waals surface area contributed by atoms with Gasteiger partial charge in [0.15, 0.2) is 6.23 Å². The van der Waals surface area contributed by atoms with Gasteiger partial charge in [-0.15, -0.1) is 0 Å². The minimum Gasteiger partial charge on any atom is -0.756 e. The number of nitrogens with two attached hydrogens (primary N) is 1. The van der Waals surface area contributed by atoms with Crippen LogP contribution >= 0.6 is 7.82 Å². The van der Waals surface area contributed by atoms with Crippen LogP contribution in [0.5, 0.6) is 0 Å². The van der Waals surface area contributed by atoms with Crippen molar-refractivity contribution in [3.8, 4) is 0 Å². The van der Waals surface area contributed by atoms with Gasteiger partial charge in [0, 0.05) is 6.20 Å². The molecule has 0 aromatic carbocycles. The number of fused-ring (bicyclic) bond motifs is 1. The van der Waals surface area contributed by atoms with E-state index >= 15 is 0 Å². The standard InChI is InChI=1S/C9H12N3O7P.Na/c10-5-1-2-12(9(14)11-5)8-6(13)7-4(18-8)3-17-20(15,16)19-7;/h1-2,4,6-8,13H,3H2,(H,15,16)(H2,10,11,14);/q;+1/p-1. The molecule has 2 fully saturated rings. The number of nitrogen functional groups attached to an aromatic ring is 1. The zero-order chi connectivity index (χ0) is 14.5. The van der Waals surface area contributed by atoms with Crippen molar-refractivity contribution in [3.05, 3.63) is 22.7 Å². The van der Waals surface area contributed by atoms with Crippen LogP contribution in [0.15, 0.2) is 17.1 Å². The summed E-state index contributed by atoms with van der Waals surface area (Å²) in [6, 6.07) is 1.36. The van der Waals surface area contributed by atoms with Crippen LogP contribution in [0.25, 0.3) is 0 Å². The summed E-state index contributed by atoms with van der Waals surface area (Å²) in [6.45, 7) is -0.282. The summed E-state index contributed by atoms with van der Waals surface area (Å²) in [5.74, 6) is 0.0276. The van der Waals surface area contributed by atoms with Gasteiger partial charge in [-0.3, -0.25) is 9.13 Å². The van der Waals surface area contributed by atoms with Crippen molar-refractivity contribution in [3.63, 3.8) is 0 Å². The third-order valence-corrected chi connectivity index (χ3v) is 4.05. The maximum Gasteiger partial charge on any atom is 1.00 e. The Kier molecular flexibility index (Phi) is 4.94. The summed E-state index contributed by atoms with van der Waals surface area (Å²) in [4.78, 5) is 26.4. The van der Waals surface area contributed by atoms with Gasteiger partial charge in [-0.25, -0.2) is 4.79 Å². The van der Waals surface area contributed by atoms with Gasteiger partial charge in [-0.1, -0.05) is 0 Å². The van der Waals surface area contributed by atoms with Crippen molar-refractivity contribution < 1.29 is 57.9 Å². The quantitative estimate of drug-likeness (QED) is 0.382. The van der Waals surface area contributed by atoms with Crippen LogP contribution in [0.4, 0.5) is 5.82 Å². The van der Waals surface area contributed by atoms with Crippen molar-refractivity contribution in [2.24, 2.45) is 0 Å². The van der Waals surface area contributed by atoms with Gasteiger partial charge >= 0.3 is 35.2 Å². The molecular formula is C9H11N3NaO7P. The fraction of sp³-hybridized carbons (Fsp3) is 0.556. The largest absolute Gasteiger partial charge is 1.00 e. The van der Waals surface area contributed by atoms with Crippen LogP contribution in [-0.2, 0) is 18.3 Å². The average Bonchev–Trinajstić information content (AvgIpc) is 2.66. The summed E-state index contributed by atoms with van der Waals surface area (Å²) in [6.07, 6.45) is -3.09. The molecule has 2 saturated heterocycles. The Morgan fingerprint density at radius 3 is 2.95 bits per heavy atom. The first kappa shape index (κ1) is 17.1. The van der Waals surface area contributed by atoms with Gasteiger partial charge in [0.25, 0.3) is 7.82 Å². The number of aliphatic hydroxyl groups excluding tert-OH is 1. The van der Waals surface area contributed by atoms with Gasteiger partial charge in [0.2, 0.25) is 0 Å². The Morgan fingerprint density at radius 1 is 1.57 bits per heavy atom. The molecule has 1 aromatic rings. The van der Waals surface area contributed by atoms with E-state index in [9.17, 15) is 19.4 Å². The van der Waals surface area contributed by atoms with Gasteiger partial charge in [0.05, 0.1) is 6.61 Å². The maximum absolute atomic E-state index is 11.7. The first-order valence-corrected chi connectivity index (χ1v) is 7.16. The SMILES string of the molecule is Nc1ccn(C2OC3COP(=O)([O-])OC3C2O)c(=O)n1.[Na+]. The molecule has 0 amide bonds. The van der Waals surface area contributed by atoms with Crippen LogP contribution in [0.3, 0.4) is 0 Å². The molecule has 2 aliphatic heterocycles. The number of hydrogen-bond acceptors (Lipinski definition) is 9. The van der Waals surface area contributed by atoms with Crippen molar-refractivity contribution in [2.45, 2.75) is 24.5 Å². The molecule has 3 N–H and O–H groups in total. The molecule has 0 spiro atoms. The van der Waals surface area contributed by atoms with E-state index in [-0.39, 0.29) is 42.0 Å². The number of aromatic nitrogens is 2. The molecule has 3 rings (SSSR count). The molecule has 21 heavy (non-hydrogen) atoms. The fourth-order valence-electron chi connectivity index (χ4n) is 2.18. The molecule has 5 unspecified atom stereocenters. The number of ether oxygens (including phenoxy) is 1. The second-order valence-corrected chi connectivity index (χ2v) is 5.77. The summed E-state index contributed by atoms with van der Waals surface area (Å²) < 4.78 is 26.8. The molecular weight excluding hydrogens is 316 g/mol. The van der Waals surface area contributed by atoms with E-state index in [1.807, 2.05) is 0 Å². The molecule has 12 heteroatoms. The molecule has 0 aliphatic carbocycles. The van der Waals surface area contributed by atoms with E-state index in [2.05, 4.69) is 14.0 Å². The Labute approximate surface area is 140 Å². The molecule has 110 valence electrons. The van der Waals surface area contributed by atoms with Crippen LogP contribution in [-0.4, -0.2) is 39.6 Å². The van der Waals surface area contributed by atoms with E-state index in [0.29, 0.717) is 0 Å². The van der Waals surface area contributed by atoms with Crippen LogP contribution in [0.2, 0.25) is 0 Å². The number of hydrogen-bond donors (Lipinski definition) is 2. The number of anilines is 1. The van der Waals surface area contributed by atoms with Gasteiger partial charge in [0.1, 0.15) is 24.1 Å². The molecule has 5 atom stereocenters. The van der Waals surface area contributed by atoms with E-state index in [1.165, 1.54) is 12.3 Å². The van der Waals surface area contributed by atoms with E-state index in [1.54, 1.807) is 0 Å². The number of nitrogens with zero attached hydrogens (tertiary/aromatic N) is 2. The predicted octanol–water partition coefficient (Wildman–Crippen LogP) is -5.03. The van der Waals surface area contributed by atoms with Crippen LogP contribution < -0.4 is 45.9 Å². The zero-order valence-corrected chi connectivity index (χ0v) is 13.9. The van der Waals surface area contributed by atoms with Gasteiger partial charge < -0.3 is 29.5 Å². The first-order chi connectivity index (χ1) is 9.37. The topological polar surface area (TPSA) is 149 Å². The minimum atomic E-state index is -4.44. The van der Waals surface area contributed by atoms with E-state index in [4.69, 9.17) is 10.5 Å². The zero-order valence-electron chi connectivity index (χ0n) is 11.0. The van der Waals surface area contributed by atoms with Crippen LogP contribution in [0, 0.1) is 0 Å². The summed E-state index contributed by atoms with van der Waals surface area (Å²) in [5, 5.41) is 10.1. The van der Waals surface area contributed by atoms with Gasteiger partial charge in [-0.05, 0) is 6.07 Å². The fourth-order valence-corrected chi connectivity index (χ4v) is 3.13. The van der Waals surface area contributed by atoms with Crippen molar-refractivity contribution in [2.75, 3.05) is 12.3 Å². The summed E-state index contributed by atoms with van der Waals surface area (Å²) in [5.41, 5.74) is 4.64. The maximum atomic E-state index is 11.7. The first-order valence-electron chi connectivity index (χ1n) is 5.69. The Hall–Kier alpha value is -0.290. The predicted molar refractivity (Wildman–Crippen MR) is 61.3 cm³/mol. The van der Waals surface area contributed by atoms with Crippen molar-refractivity contribution in [1.29, 1.82) is 0 Å². The second-order valence-electron chi connectivity index (χ2n) is 4.41. The third-order valence-electron chi connectivity index (χ3n) is 3.08. The second kappa shape index (κ2) is 6.07. The third kappa shape index (κ3) is 3.24. The van der Waals surface area contributed by atoms with E-state index < -0.39 is 38.1 Å². The molecule has 1 aromatic heterocycles. The Balaban J connectivity index is 0.00000161. The Bertz CT molecular complexity index is 640. The smallest absolute Gasteiger partial charge is 0.756 e. The average molecular weight is 327 g/mol.